The second kappa shape index (κ2) is 7.29. The van der Waals surface area contributed by atoms with E-state index in [4.69, 9.17) is 5.11 Å². The molecule has 26 heavy (non-hydrogen) atoms. The number of alkyl halides is 3. The molecule has 0 saturated heterocycles. The minimum absolute atomic E-state index is 0.00727. The molecule has 1 aliphatic carbocycles. The number of nitrogens with zero attached hydrogens (tertiary/aromatic N) is 1. The Balaban J connectivity index is 1.57. The van der Waals surface area contributed by atoms with E-state index in [1.807, 2.05) is 0 Å². The predicted molar refractivity (Wildman–Crippen MR) is 88.6 cm³/mol. The van der Waals surface area contributed by atoms with E-state index in [2.05, 4.69) is 0 Å². The van der Waals surface area contributed by atoms with Crippen molar-refractivity contribution >= 4 is 11.9 Å². The van der Waals surface area contributed by atoms with Gasteiger partial charge in [0.15, 0.2) is 0 Å². The van der Waals surface area contributed by atoms with E-state index in [-0.39, 0.29) is 36.7 Å². The first-order valence-electron chi connectivity index (χ1n) is 8.93. The Labute approximate surface area is 150 Å². The van der Waals surface area contributed by atoms with Gasteiger partial charge in [-0.2, -0.15) is 13.2 Å². The number of carboxylic acid groups (broad SMARTS) is 1. The molecule has 142 valence electrons. The lowest BCUT2D eigenvalue weighted by atomic mass is 9.80. The van der Waals surface area contributed by atoms with Crippen LogP contribution in [-0.4, -0.2) is 34.6 Å². The summed E-state index contributed by atoms with van der Waals surface area (Å²) in [7, 11) is 0. The molecule has 0 bridgehead atoms. The van der Waals surface area contributed by atoms with Crippen molar-refractivity contribution in [3.8, 4) is 0 Å². The fourth-order valence-electron chi connectivity index (χ4n) is 3.97. The van der Waals surface area contributed by atoms with Crippen LogP contribution < -0.4 is 0 Å². The van der Waals surface area contributed by atoms with Crippen LogP contribution in [0.2, 0.25) is 0 Å². The van der Waals surface area contributed by atoms with Crippen LogP contribution in [0, 0.1) is 11.8 Å². The van der Waals surface area contributed by atoms with Crippen LogP contribution >= 0.6 is 0 Å². The van der Waals surface area contributed by atoms with Crippen LogP contribution in [0.15, 0.2) is 18.2 Å². The second-order valence-electron chi connectivity index (χ2n) is 7.32. The summed E-state index contributed by atoms with van der Waals surface area (Å²) in [4.78, 5) is 25.4. The number of hydrogen-bond acceptors (Lipinski definition) is 2. The van der Waals surface area contributed by atoms with Gasteiger partial charge in [0.1, 0.15) is 0 Å². The van der Waals surface area contributed by atoms with Crippen LogP contribution in [0.5, 0.6) is 0 Å². The van der Waals surface area contributed by atoms with E-state index in [9.17, 15) is 22.8 Å². The van der Waals surface area contributed by atoms with Crippen molar-refractivity contribution < 1.29 is 27.9 Å². The number of carbonyl (C=O) groups excluding carboxylic acids is 1. The molecule has 1 saturated carbocycles. The average molecular weight is 369 g/mol. The molecule has 1 amide bonds. The lowest BCUT2D eigenvalue weighted by molar-refractivity contribution is -0.184. The molecular weight excluding hydrogens is 347 g/mol. The Hall–Kier alpha value is -2.05. The maximum absolute atomic E-state index is 12.7. The van der Waals surface area contributed by atoms with Crippen LogP contribution in [0.1, 0.15) is 53.6 Å². The van der Waals surface area contributed by atoms with Gasteiger partial charge in [-0.25, -0.2) is 4.79 Å². The van der Waals surface area contributed by atoms with E-state index in [0.717, 1.165) is 11.1 Å². The highest BCUT2D eigenvalue weighted by Crippen LogP contribution is 2.40. The molecule has 1 heterocycles. The van der Waals surface area contributed by atoms with Crippen LogP contribution in [0.4, 0.5) is 13.2 Å². The average Bonchev–Trinajstić information content (AvgIpc) is 2.60. The van der Waals surface area contributed by atoms with Crippen molar-refractivity contribution in [2.24, 2.45) is 11.8 Å². The Morgan fingerprint density at radius 2 is 1.81 bits per heavy atom. The normalized spacial score (nSPS) is 23.4. The zero-order valence-corrected chi connectivity index (χ0v) is 14.4. The van der Waals surface area contributed by atoms with Crippen molar-refractivity contribution in [1.29, 1.82) is 0 Å². The summed E-state index contributed by atoms with van der Waals surface area (Å²) in [6, 6.07) is 4.96. The van der Waals surface area contributed by atoms with Crippen molar-refractivity contribution in [3.63, 3.8) is 0 Å². The van der Waals surface area contributed by atoms with E-state index < -0.39 is 18.1 Å². The lowest BCUT2D eigenvalue weighted by Gasteiger charge is -2.33. The standard InChI is InChI=1S/C19H22F3NO3/c20-19(21,22)16-5-1-12(2-6-16)9-17(24)23-8-7-13-3-4-14(18(25)26)10-15(13)11-23/h3-4,10,12,16H,1-2,5-9,11H2,(H,25,26). The molecule has 3 rings (SSSR count). The molecule has 0 radical (unpaired) electrons. The molecule has 1 aromatic rings. The van der Waals surface area contributed by atoms with E-state index in [1.54, 1.807) is 23.1 Å². The Kier molecular flexibility index (Phi) is 5.25. The smallest absolute Gasteiger partial charge is 0.391 e. The number of fused-ring (bicyclic) bond motifs is 1. The molecule has 0 atom stereocenters. The van der Waals surface area contributed by atoms with Gasteiger partial charge in [0.05, 0.1) is 11.5 Å². The number of carboxylic acids is 1. The first kappa shape index (κ1) is 18.7. The lowest BCUT2D eigenvalue weighted by Crippen LogP contribution is -2.37. The molecule has 1 aliphatic heterocycles. The highest BCUT2D eigenvalue weighted by atomic mass is 19.4. The van der Waals surface area contributed by atoms with Crippen molar-refractivity contribution in [1.82, 2.24) is 4.90 Å². The third-order valence-corrected chi connectivity index (χ3v) is 5.59. The van der Waals surface area contributed by atoms with Crippen molar-refractivity contribution in [2.75, 3.05) is 6.54 Å². The Morgan fingerprint density at radius 1 is 1.12 bits per heavy atom. The molecule has 7 heteroatoms. The molecule has 1 aromatic carbocycles. The fraction of sp³-hybridized carbons (Fsp3) is 0.579. The van der Waals surface area contributed by atoms with Gasteiger partial charge in [-0.3, -0.25) is 4.79 Å². The zero-order valence-electron chi connectivity index (χ0n) is 14.4. The largest absolute Gasteiger partial charge is 0.478 e. The monoisotopic (exact) mass is 369 g/mol. The molecule has 1 N–H and O–H groups in total. The quantitative estimate of drug-likeness (QED) is 0.875. The Morgan fingerprint density at radius 3 is 2.42 bits per heavy atom. The molecular formula is C19H22F3NO3. The summed E-state index contributed by atoms with van der Waals surface area (Å²) in [5.41, 5.74) is 2.08. The van der Waals surface area contributed by atoms with Gasteiger partial charge in [0.2, 0.25) is 5.91 Å². The number of carbonyl (C=O) groups is 2. The summed E-state index contributed by atoms with van der Waals surface area (Å²) < 4.78 is 38.2. The minimum atomic E-state index is -4.13. The predicted octanol–water partition coefficient (Wildman–Crippen LogP) is 4.03. The number of hydrogen-bond donors (Lipinski definition) is 1. The maximum atomic E-state index is 12.7. The van der Waals surface area contributed by atoms with Gasteiger partial charge in [-0.05, 0) is 61.3 Å². The summed E-state index contributed by atoms with van der Waals surface area (Å²) in [5, 5.41) is 9.10. The van der Waals surface area contributed by atoms with Crippen LogP contribution in [0.25, 0.3) is 0 Å². The van der Waals surface area contributed by atoms with Gasteiger partial charge in [-0.1, -0.05) is 6.07 Å². The highest BCUT2D eigenvalue weighted by Gasteiger charge is 2.41. The van der Waals surface area contributed by atoms with Gasteiger partial charge < -0.3 is 10.0 Å². The third kappa shape index (κ3) is 4.19. The number of rotatable bonds is 3. The summed E-state index contributed by atoms with van der Waals surface area (Å²) in [6.07, 6.45) is -2.11. The van der Waals surface area contributed by atoms with E-state index in [1.165, 1.54) is 0 Å². The second-order valence-corrected chi connectivity index (χ2v) is 7.32. The zero-order chi connectivity index (χ0) is 18.9. The van der Waals surface area contributed by atoms with Crippen molar-refractivity contribution in [3.05, 3.63) is 34.9 Å². The number of benzene rings is 1. The topological polar surface area (TPSA) is 57.6 Å². The van der Waals surface area contributed by atoms with E-state index >= 15 is 0 Å². The SMILES string of the molecule is O=C(O)c1ccc2c(c1)CN(C(=O)CC1CCC(C(F)(F)F)CC1)CC2. The third-order valence-electron chi connectivity index (χ3n) is 5.59. The highest BCUT2D eigenvalue weighted by molar-refractivity contribution is 5.88. The summed E-state index contributed by atoms with van der Waals surface area (Å²) in [6.45, 7) is 0.934. The molecule has 0 unspecified atom stereocenters. The molecule has 1 fully saturated rings. The number of amides is 1. The first-order valence-corrected chi connectivity index (χ1v) is 8.93. The van der Waals surface area contributed by atoms with Gasteiger partial charge in [-0.15, -0.1) is 0 Å². The molecule has 2 aliphatic rings. The van der Waals surface area contributed by atoms with Gasteiger partial charge in [0, 0.05) is 19.5 Å². The minimum Gasteiger partial charge on any atom is -0.478 e. The van der Waals surface area contributed by atoms with Gasteiger partial charge >= 0.3 is 12.1 Å². The molecule has 0 spiro atoms. The van der Waals surface area contributed by atoms with Crippen LogP contribution in [-0.2, 0) is 17.8 Å². The molecule has 0 aromatic heterocycles. The molecule has 4 nitrogen and oxygen atoms in total. The number of aromatic carboxylic acids is 1. The first-order chi connectivity index (χ1) is 12.2. The van der Waals surface area contributed by atoms with Gasteiger partial charge in [0.25, 0.3) is 0 Å². The summed E-state index contributed by atoms with van der Waals surface area (Å²) >= 11 is 0. The maximum Gasteiger partial charge on any atom is 0.391 e. The number of halogens is 3. The van der Waals surface area contributed by atoms with E-state index in [0.29, 0.717) is 32.4 Å². The van der Waals surface area contributed by atoms with Crippen molar-refractivity contribution in [2.45, 2.75) is 51.2 Å². The summed E-state index contributed by atoms with van der Waals surface area (Å²) in [5.74, 6) is -2.28. The fourth-order valence-corrected chi connectivity index (χ4v) is 3.97. The van der Waals surface area contributed by atoms with Crippen LogP contribution in [0.3, 0.4) is 0 Å². The Bertz CT molecular complexity index is 694.